The number of hydrogen-bond acceptors (Lipinski definition) is 5. The third-order valence-corrected chi connectivity index (χ3v) is 1.27. The third-order valence-electron chi connectivity index (χ3n) is 1.27. The fourth-order valence-electron chi connectivity index (χ4n) is 0.696. The van der Waals surface area contributed by atoms with Crippen molar-refractivity contribution in [1.82, 2.24) is 9.97 Å². The third kappa shape index (κ3) is 1.93. The molecule has 1 rings (SSSR count). The fraction of sp³-hybridized carbons (Fsp3) is 0.143. The van der Waals surface area contributed by atoms with Crippen LogP contribution in [0, 0.1) is 0 Å². The summed E-state index contributed by atoms with van der Waals surface area (Å²) < 4.78 is 0. The zero-order chi connectivity index (χ0) is 8.97. The maximum absolute atomic E-state index is 5.43. The summed E-state index contributed by atoms with van der Waals surface area (Å²) in [5.41, 5.74) is 16.7. The number of nitrogens with zero attached hydrogens (tertiary/aromatic N) is 2. The average molecular weight is 165 g/mol. The summed E-state index contributed by atoms with van der Waals surface area (Å²) in [6.07, 6.45) is 5.04. The van der Waals surface area contributed by atoms with E-state index in [2.05, 4.69) is 9.97 Å². The van der Waals surface area contributed by atoms with Crippen LogP contribution in [0.3, 0.4) is 0 Å². The van der Waals surface area contributed by atoms with E-state index in [4.69, 9.17) is 17.2 Å². The van der Waals surface area contributed by atoms with Crippen LogP contribution in [-0.4, -0.2) is 16.5 Å². The van der Waals surface area contributed by atoms with Crippen molar-refractivity contribution in [2.45, 2.75) is 0 Å². The Morgan fingerprint density at radius 2 is 2.08 bits per heavy atom. The lowest BCUT2D eigenvalue weighted by atomic mass is 10.4. The van der Waals surface area contributed by atoms with Gasteiger partial charge in [0.2, 0.25) is 0 Å². The van der Waals surface area contributed by atoms with Crippen molar-refractivity contribution in [3.8, 4) is 0 Å². The van der Waals surface area contributed by atoms with Crippen molar-refractivity contribution in [2.75, 3.05) is 18.0 Å². The van der Waals surface area contributed by atoms with Crippen molar-refractivity contribution in [1.29, 1.82) is 0 Å². The van der Waals surface area contributed by atoms with Crippen LogP contribution in [0.2, 0.25) is 0 Å². The zero-order valence-corrected chi connectivity index (χ0v) is 6.57. The van der Waals surface area contributed by atoms with Gasteiger partial charge in [-0.25, -0.2) is 9.97 Å². The fourth-order valence-corrected chi connectivity index (χ4v) is 0.696. The highest BCUT2D eigenvalue weighted by atomic mass is 15.0. The Morgan fingerprint density at radius 1 is 1.33 bits per heavy atom. The molecule has 1 aromatic rings. The van der Waals surface area contributed by atoms with Crippen LogP contribution in [0.5, 0.6) is 0 Å². The molecular weight excluding hydrogens is 154 g/mol. The largest absolute Gasteiger partial charge is 0.381 e. The van der Waals surface area contributed by atoms with Crippen molar-refractivity contribution in [3.63, 3.8) is 0 Å². The molecule has 1 heterocycles. The van der Waals surface area contributed by atoms with Gasteiger partial charge in [0, 0.05) is 6.54 Å². The summed E-state index contributed by atoms with van der Waals surface area (Å²) in [5.74, 6) is 0.495. The van der Waals surface area contributed by atoms with Gasteiger partial charge in [-0.05, 0) is 6.08 Å². The molecule has 12 heavy (non-hydrogen) atoms. The molecule has 0 aliphatic carbocycles. The van der Waals surface area contributed by atoms with Crippen LogP contribution in [0.25, 0.3) is 6.08 Å². The van der Waals surface area contributed by atoms with Gasteiger partial charge in [0.1, 0.15) is 0 Å². The maximum atomic E-state index is 5.43. The smallest absolute Gasteiger partial charge is 0.166 e. The van der Waals surface area contributed by atoms with Gasteiger partial charge in [0.25, 0.3) is 0 Å². The zero-order valence-electron chi connectivity index (χ0n) is 6.57. The molecule has 0 aromatic carbocycles. The van der Waals surface area contributed by atoms with E-state index in [1.54, 1.807) is 12.2 Å². The van der Waals surface area contributed by atoms with Crippen molar-refractivity contribution in [2.24, 2.45) is 5.73 Å². The van der Waals surface area contributed by atoms with Gasteiger partial charge in [-0.3, -0.25) is 0 Å². The number of nitrogen functional groups attached to an aromatic ring is 2. The Kier molecular flexibility index (Phi) is 2.60. The predicted molar refractivity (Wildman–Crippen MR) is 48.9 cm³/mol. The lowest BCUT2D eigenvalue weighted by Crippen LogP contribution is -2.01. The van der Waals surface area contributed by atoms with Gasteiger partial charge in [0.05, 0.1) is 11.9 Å². The van der Waals surface area contributed by atoms with E-state index in [1.165, 1.54) is 6.20 Å². The van der Waals surface area contributed by atoms with E-state index in [-0.39, 0.29) is 11.6 Å². The molecule has 0 bridgehead atoms. The van der Waals surface area contributed by atoms with Gasteiger partial charge < -0.3 is 17.2 Å². The first-order valence-corrected chi connectivity index (χ1v) is 3.48. The van der Waals surface area contributed by atoms with E-state index in [0.29, 0.717) is 12.2 Å². The maximum Gasteiger partial charge on any atom is 0.166 e. The van der Waals surface area contributed by atoms with Crippen molar-refractivity contribution >= 4 is 17.7 Å². The molecule has 0 amide bonds. The van der Waals surface area contributed by atoms with Crippen LogP contribution < -0.4 is 17.2 Å². The molecule has 0 unspecified atom stereocenters. The van der Waals surface area contributed by atoms with E-state index >= 15 is 0 Å². The Labute approximate surface area is 70.3 Å². The number of rotatable bonds is 2. The Balaban J connectivity index is 2.89. The molecule has 6 N–H and O–H groups in total. The second-order valence-electron chi connectivity index (χ2n) is 2.20. The summed E-state index contributed by atoms with van der Waals surface area (Å²) in [7, 11) is 0. The second-order valence-corrected chi connectivity index (χ2v) is 2.20. The first kappa shape index (κ1) is 8.48. The van der Waals surface area contributed by atoms with Gasteiger partial charge in [-0.2, -0.15) is 0 Å². The lowest BCUT2D eigenvalue weighted by molar-refractivity contribution is 1.19. The molecule has 0 aliphatic rings. The van der Waals surface area contributed by atoms with Crippen molar-refractivity contribution in [3.05, 3.63) is 18.0 Å². The van der Waals surface area contributed by atoms with Gasteiger partial charge >= 0.3 is 0 Å². The number of anilines is 2. The highest BCUT2D eigenvalue weighted by Gasteiger charge is 1.96. The second kappa shape index (κ2) is 3.68. The molecule has 1 aromatic heterocycles. The number of aromatic nitrogens is 2. The molecule has 0 fully saturated rings. The first-order valence-electron chi connectivity index (χ1n) is 3.48. The van der Waals surface area contributed by atoms with Crippen molar-refractivity contribution < 1.29 is 0 Å². The molecule has 0 atom stereocenters. The Hall–Kier alpha value is -1.62. The van der Waals surface area contributed by atoms with Crippen LogP contribution in [0.15, 0.2) is 12.3 Å². The average Bonchev–Trinajstić information content (AvgIpc) is 2.07. The van der Waals surface area contributed by atoms with Gasteiger partial charge in [0.15, 0.2) is 11.6 Å². The molecule has 64 valence electrons. The van der Waals surface area contributed by atoms with Crippen LogP contribution in [0.1, 0.15) is 5.69 Å². The molecule has 0 spiro atoms. The Morgan fingerprint density at radius 3 is 2.67 bits per heavy atom. The first-order chi connectivity index (χ1) is 5.74. The minimum absolute atomic E-state index is 0.245. The van der Waals surface area contributed by atoms with E-state index in [9.17, 15) is 0 Å². The van der Waals surface area contributed by atoms with E-state index in [1.807, 2.05) is 0 Å². The minimum Gasteiger partial charge on any atom is -0.381 e. The highest BCUT2D eigenvalue weighted by molar-refractivity contribution is 5.55. The molecule has 0 aliphatic heterocycles. The molecule has 5 heteroatoms. The monoisotopic (exact) mass is 165 g/mol. The molecule has 5 nitrogen and oxygen atoms in total. The summed E-state index contributed by atoms with van der Waals surface area (Å²) in [4.78, 5) is 7.79. The topological polar surface area (TPSA) is 104 Å². The Bertz CT molecular complexity index is 294. The predicted octanol–water partition coefficient (Wildman–Crippen LogP) is -0.387. The number of nitrogens with two attached hydrogens (primary N) is 3. The van der Waals surface area contributed by atoms with Crippen LogP contribution in [-0.2, 0) is 0 Å². The summed E-state index contributed by atoms with van der Waals surface area (Å²) >= 11 is 0. The van der Waals surface area contributed by atoms with Crippen LogP contribution in [0.4, 0.5) is 11.6 Å². The molecular formula is C7H11N5. The van der Waals surface area contributed by atoms with E-state index < -0.39 is 0 Å². The standard InChI is InChI=1S/C7H11N5/c8-3-1-2-5-4-11-6(9)7(10)12-5/h1-2,4H,3,8H2,(H2,9,11)(H2,10,12). The summed E-state index contributed by atoms with van der Waals surface area (Å²) in [5, 5.41) is 0. The summed E-state index contributed by atoms with van der Waals surface area (Å²) in [6, 6.07) is 0. The minimum atomic E-state index is 0.245. The normalized spacial score (nSPS) is 10.8. The highest BCUT2D eigenvalue weighted by Crippen LogP contribution is 2.07. The molecule has 0 saturated heterocycles. The van der Waals surface area contributed by atoms with Gasteiger partial charge in [-0.1, -0.05) is 6.08 Å². The summed E-state index contributed by atoms with van der Waals surface area (Å²) in [6.45, 7) is 0.464. The quantitative estimate of drug-likeness (QED) is 0.553. The van der Waals surface area contributed by atoms with Gasteiger partial charge in [-0.15, -0.1) is 0 Å². The molecule has 0 radical (unpaired) electrons. The SMILES string of the molecule is NCC=Cc1cnc(N)c(N)n1. The number of hydrogen-bond donors (Lipinski definition) is 3. The van der Waals surface area contributed by atoms with Crippen LogP contribution >= 0.6 is 0 Å². The molecule has 0 saturated carbocycles. The van der Waals surface area contributed by atoms with E-state index in [0.717, 1.165) is 0 Å². The lowest BCUT2D eigenvalue weighted by Gasteiger charge is -1.97.